The lowest BCUT2D eigenvalue weighted by Crippen LogP contribution is -2.21. The minimum absolute atomic E-state index is 0.0302. The summed E-state index contributed by atoms with van der Waals surface area (Å²) in [7, 11) is -11.0. The number of hydrogen-bond acceptors (Lipinski definition) is 20. The van der Waals surface area contributed by atoms with Crippen molar-refractivity contribution in [3.63, 3.8) is 0 Å². The highest BCUT2D eigenvalue weighted by Gasteiger charge is 2.45. The molecule has 0 spiro atoms. The number of fused-ring (bicyclic) bond motifs is 3. The predicted octanol–water partition coefficient (Wildman–Crippen LogP) is 14.9. The molecular weight excluding hydrogens is 1560 g/mol. The normalized spacial score (nSPS) is 21.1. The Labute approximate surface area is 620 Å². The first kappa shape index (κ1) is 79.3. The fourth-order valence-electron chi connectivity index (χ4n) is 12.0. The third-order valence-corrected chi connectivity index (χ3v) is 21.8. The van der Waals surface area contributed by atoms with E-state index in [1.165, 1.54) is 81.9 Å². The molecule has 106 heavy (non-hydrogen) atoms. The number of aromatic nitrogens is 7. The zero-order valence-corrected chi connectivity index (χ0v) is 61.4. The Bertz CT molecular complexity index is 5150. The van der Waals surface area contributed by atoms with Gasteiger partial charge in [0.15, 0.2) is 52.5 Å². The van der Waals surface area contributed by atoms with E-state index in [0.717, 1.165) is 44.5 Å². The van der Waals surface area contributed by atoms with Gasteiger partial charge in [-0.1, -0.05) is 46.4 Å². The molecule has 14 rings (SSSR count). The number of pyridine rings is 3. The average molecular weight is 1620 g/mol. The van der Waals surface area contributed by atoms with Gasteiger partial charge in [0, 0.05) is 72.4 Å². The van der Waals surface area contributed by atoms with Crippen molar-refractivity contribution in [2.45, 2.75) is 142 Å². The van der Waals surface area contributed by atoms with Crippen LogP contribution < -0.4 is 21.7 Å². The number of ether oxygens (including phenoxy) is 2. The summed E-state index contributed by atoms with van der Waals surface area (Å²) in [6, 6.07) is 17.0. The van der Waals surface area contributed by atoms with Gasteiger partial charge in [0.25, 0.3) is 19.3 Å². The number of aliphatic imine (C=N–C) groups is 1. The van der Waals surface area contributed by atoms with Gasteiger partial charge < -0.3 is 31.2 Å². The van der Waals surface area contributed by atoms with E-state index in [4.69, 9.17) is 61.6 Å². The number of imidazole rings is 2. The number of benzene rings is 3. The van der Waals surface area contributed by atoms with E-state index in [1.54, 1.807) is 0 Å². The molecule has 568 valence electrons. The number of sulfone groups is 3. The highest BCUT2D eigenvalue weighted by Crippen LogP contribution is 2.44. The van der Waals surface area contributed by atoms with Crippen molar-refractivity contribution < 1.29 is 88.6 Å². The third-order valence-electron chi connectivity index (χ3n) is 17.5. The highest BCUT2D eigenvalue weighted by atomic mass is 35.5. The van der Waals surface area contributed by atoms with Crippen LogP contribution in [0.4, 0.5) is 79.3 Å². The van der Waals surface area contributed by atoms with E-state index in [0.29, 0.717) is 32.5 Å². The summed E-state index contributed by atoms with van der Waals surface area (Å²) in [6.45, 7) is 0.833. The summed E-state index contributed by atoms with van der Waals surface area (Å²) in [5.41, 5.74) is 6.75. The first-order valence-corrected chi connectivity index (χ1v) is 39.9. The van der Waals surface area contributed by atoms with Crippen LogP contribution in [-0.4, -0.2) is 139 Å². The quantitative estimate of drug-likeness (QED) is 0.0383. The summed E-state index contributed by atoms with van der Waals surface area (Å²) in [4.78, 5) is 59.7. The number of nitrogens with two attached hydrogens (primary N) is 1. The summed E-state index contributed by atoms with van der Waals surface area (Å²) in [6.07, 6.45) is -5.82. The van der Waals surface area contributed by atoms with Crippen molar-refractivity contribution in [1.82, 2.24) is 34.1 Å². The van der Waals surface area contributed by atoms with Gasteiger partial charge in [-0.25, -0.2) is 89.7 Å². The second-order valence-corrected chi connectivity index (χ2v) is 33.5. The Balaban J connectivity index is 0.000000152. The van der Waals surface area contributed by atoms with E-state index in [1.807, 2.05) is 0 Å². The molecular formula is C67H65Cl4F9N12O11S3. The minimum Gasteiger partial charge on any atom is -0.369 e. The first-order valence-electron chi connectivity index (χ1n) is 32.7. The van der Waals surface area contributed by atoms with Crippen molar-refractivity contribution in [2.24, 2.45) is 28.5 Å². The van der Waals surface area contributed by atoms with E-state index in [9.17, 15) is 79.2 Å². The second-order valence-electron chi connectivity index (χ2n) is 25.8. The number of nitrogens with one attached hydrogen (secondary N) is 3. The Hall–Kier alpha value is -7.77. The number of amides is 1. The van der Waals surface area contributed by atoms with Crippen molar-refractivity contribution in [3.8, 4) is 0 Å². The molecule has 3 saturated carbocycles. The average Bonchev–Trinajstić information content (AvgIpc) is 1.56. The molecule has 23 nitrogen and oxygen atoms in total. The predicted molar refractivity (Wildman–Crippen MR) is 378 cm³/mol. The molecule has 1 amide bonds. The molecule has 3 aliphatic heterocycles. The van der Waals surface area contributed by atoms with Crippen molar-refractivity contribution in [3.05, 3.63) is 122 Å². The minimum atomic E-state index is -3.73. The molecule has 6 aliphatic rings. The number of carbonyl (C=O) groups is 3. The largest absolute Gasteiger partial charge is 0.369 e. The molecule has 0 radical (unpaired) electrons. The fraction of sp³-hybridized carbons (Fsp3) is 0.418. The monoisotopic (exact) mass is 1620 g/mol. The van der Waals surface area contributed by atoms with Crippen molar-refractivity contribution in [1.29, 1.82) is 0 Å². The molecule has 2 saturated heterocycles. The van der Waals surface area contributed by atoms with Crippen LogP contribution >= 0.6 is 46.4 Å². The van der Waals surface area contributed by atoms with Gasteiger partial charge in [0.2, 0.25) is 5.91 Å². The van der Waals surface area contributed by atoms with Crippen LogP contribution in [0.15, 0.2) is 92.5 Å². The molecule has 5 aromatic heterocycles. The SMILES string of the molecule is CS(=O)(=O)c1cc(Cl)ccc1Nc1cc(CC(=O)[C@H]2C[C@H]2F)nc2c1N=C(C(F)F)C2.CS(=O)(=O)c1cc(Cl)ccc1Nc1cc(CC(=O)[C@H]2C[C@H]2F)nc2c1nc(C(F)F)n2C1CCCCO1.CS(=O)(=O)c1cc(Cl)ccc1Nc1cc(Cl)nc2c1nc(C(F)F)n2C1CCCCO1.NC(=O)[C@H]1C[C@H]1F. The van der Waals surface area contributed by atoms with Crippen molar-refractivity contribution in [2.75, 3.05) is 47.9 Å². The lowest BCUT2D eigenvalue weighted by Gasteiger charge is -2.25. The Kier molecular flexibility index (Phi) is 24.1. The number of halogens is 13. The summed E-state index contributed by atoms with van der Waals surface area (Å²) in [5, 5.41) is 9.51. The second kappa shape index (κ2) is 32.2. The molecule has 8 atom stereocenters. The molecule has 2 unspecified atom stereocenters. The zero-order chi connectivity index (χ0) is 76.8. The molecule has 3 aliphatic carbocycles. The van der Waals surface area contributed by atoms with E-state index < -0.39 is 115 Å². The zero-order valence-electron chi connectivity index (χ0n) is 56.0. The summed E-state index contributed by atoms with van der Waals surface area (Å²) < 4.78 is 208. The van der Waals surface area contributed by atoms with Gasteiger partial charge in [-0.2, -0.15) is 0 Å². The topological polar surface area (TPSA) is 321 Å². The summed E-state index contributed by atoms with van der Waals surface area (Å²) in [5.74, 6) is -4.03. The Morgan fingerprint density at radius 1 is 0.519 bits per heavy atom. The maximum absolute atomic E-state index is 14.1. The molecule has 8 heterocycles. The van der Waals surface area contributed by atoms with Gasteiger partial charge in [-0.05, 0) is 125 Å². The lowest BCUT2D eigenvalue weighted by molar-refractivity contribution is -0.120. The van der Waals surface area contributed by atoms with Gasteiger partial charge in [0.1, 0.15) is 64.4 Å². The first-order chi connectivity index (χ1) is 49.9. The smallest absolute Gasteiger partial charge is 0.295 e. The number of rotatable bonds is 21. The van der Waals surface area contributed by atoms with Crippen LogP contribution in [0.25, 0.3) is 22.3 Å². The molecule has 5 N–H and O–H groups in total. The van der Waals surface area contributed by atoms with Crippen LogP contribution in [0.1, 0.15) is 112 Å². The standard InChI is InChI=1S/C24H24ClF3N4O4S.C20H17ClF3N3O3S.C19H18Cl2F2N4O3S.C4H6FNO/c1-37(34,35)19-8-12(25)5-6-16(19)30-17-9-13(10-18(33)14-11-15(14)26)29-23-21(17)31-24(22(27)28)32(23)20-4-2-3-7-36-20;1-31(29,30)18-4-9(21)2-3-13(18)26-14-5-10(6-17(28)11-7-12(11)22)25-15-8-16(20(23)24)27-19(14)15;1-31(28,29)13-8-10(20)5-6-11(13)24-12-9-14(21)25-18-16(12)26-19(17(22)23)27(18)15-4-2-3-7-30-15;5-3-1-2(3)4(6)7/h5-6,8-9,14-15,20,22H,2-4,7,10-11H2,1H3,(H,29,30);2-5,11-12,20H,6-8H2,1H3,(H,25,26);5-6,8-9,15,17H,2-4,7H2,1H3,(H,24,25);2-3H,1H2,(H2,6,7)/t14-,15+,20?;11-,12+;;2-,3+/m00.0/s1. The maximum atomic E-state index is 14.1. The molecule has 0 bridgehead atoms. The number of nitrogens with zero attached hydrogens (tertiary/aromatic N) is 8. The number of carbonyl (C=O) groups excluding carboxylic acids is 3. The lowest BCUT2D eigenvalue weighted by atomic mass is 10.1. The number of anilines is 6. The van der Waals surface area contributed by atoms with E-state index >= 15 is 0 Å². The van der Waals surface area contributed by atoms with Crippen LogP contribution in [0.2, 0.25) is 20.2 Å². The molecule has 39 heteroatoms. The van der Waals surface area contributed by atoms with Gasteiger partial charge in [-0.3, -0.25) is 28.5 Å². The number of Topliss-reactive ketones (excluding diaryl/α,β-unsaturated/α-hetero) is 2. The Morgan fingerprint density at radius 2 is 0.906 bits per heavy atom. The molecule has 5 fully saturated rings. The van der Waals surface area contributed by atoms with Crippen LogP contribution in [0.3, 0.4) is 0 Å². The highest BCUT2D eigenvalue weighted by molar-refractivity contribution is 7.91. The number of alkyl halides is 9. The maximum Gasteiger partial charge on any atom is 0.295 e. The van der Waals surface area contributed by atoms with Gasteiger partial charge in [-0.15, -0.1) is 0 Å². The number of hydrogen-bond donors (Lipinski definition) is 4. The number of primary amides is 1. The van der Waals surface area contributed by atoms with Gasteiger partial charge in [0.05, 0.1) is 89.4 Å². The summed E-state index contributed by atoms with van der Waals surface area (Å²) >= 11 is 24.1. The molecule has 8 aromatic rings. The van der Waals surface area contributed by atoms with Crippen molar-refractivity contribution >= 4 is 161 Å². The molecule has 3 aromatic carbocycles. The number of ketones is 2. The van der Waals surface area contributed by atoms with Crippen LogP contribution in [0.5, 0.6) is 0 Å². The van der Waals surface area contributed by atoms with E-state index in [2.05, 4.69) is 45.9 Å². The van der Waals surface area contributed by atoms with E-state index in [-0.39, 0.29) is 164 Å². The Morgan fingerprint density at radius 3 is 1.26 bits per heavy atom. The fourth-order valence-corrected chi connectivity index (χ4v) is 15.5. The van der Waals surface area contributed by atoms with Crippen LogP contribution in [0, 0.1) is 17.8 Å². The third kappa shape index (κ3) is 18.8. The van der Waals surface area contributed by atoms with Gasteiger partial charge >= 0.3 is 0 Å². The van der Waals surface area contributed by atoms with Crippen LogP contribution in [-0.2, 0) is 72.6 Å².